The van der Waals surface area contributed by atoms with Gasteiger partial charge in [0.2, 0.25) is 0 Å². The molecule has 6 heteroatoms. The number of aromatic nitrogens is 1. The van der Waals surface area contributed by atoms with Crippen molar-refractivity contribution in [1.82, 2.24) is 9.88 Å². The van der Waals surface area contributed by atoms with Crippen LogP contribution in [0.5, 0.6) is 0 Å². The molecule has 0 radical (unpaired) electrons. The van der Waals surface area contributed by atoms with Crippen LogP contribution in [0.25, 0.3) is 10.9 Å². The number of hydrogen-bond acceptors (Lipinski definition) is 4. The van der Waals surface area contributed by atoms with Crippen molar-refractivity contribution in [2.45, 2.75) is 58.2 Å². The van der Waals surface area contributed by atoms with Crippen LogP contribution in [0.15, 0.2) is 24.3 Å². The summed E-state index contributed by atoms with van der Waals surface area (Å²) in [6.45, 7) is 5.76. The van der Waals surface area contributed by atoms with E-state index in [2.05, 4.69) is 11.4 Å². The minimum absolute atomic E-state index is 0.0229. The summed E-state index contributed by atoms with van der Waals surface area (Å²) in [6, 6.07) is 8.08. The minimum atomic E-state index is -0.513. The van der Waals surface area contributed by atoms with Crippen LogP contribution in [-0.2, 0) is 33.7 Å². The standard InChI is InChI=1S/C20H26N2O4/c1-20(2,3)26-19(24)21-13-9-10-17-15(11-13)14-7-5-6-8-16(14)22(17)12-18(23)25-4/h5-8,13H,9-12H2,1-4H3,(H,21,24)/t13-/m0/s1. The van der Waals surface area contributed by atoms with Gasteiger partial charge in [0.25, 0.3) is 0 Å². The molecule has 0 aliphatic heterocycles. The molecule has 0 unspecified atom stereocenters. The molecule has 0 saturated heterocycles. The van der Waals surface area contributed by atoms with Gasteiger partial charge in [-0.3, -0.25) is 4.79 Å². The number of nitrogens with zero attached hydrogens (tertiary/aromatic N) is 1. The Morgan fingerprint density at radius 1 is 1.27 bits per heavy atom. The van der Waals surface area contributed by atoms with E-state index in [4.69, 9.17) is 9.47 Å². The van der Waals surface area contributed by atoms with E-state index < -0.39 is 5.60 Å². The number of carbonyl (C=O) groups is 2. The second-order valence-corrected chi connectivity index (χ2v) is 7.69. The summed E-state index contributed by atoms with van der Waals surface area (Å²) in [4.78, 5) is 23.9. The van der Waals surface area contributed by atoms with Gasteiger partial charge >= 0.3 is 12.1 Å². The van der Waals surface area contributed by atoms with Crippen molar-refractivity contribution in [1.29, 1.82) is 0 Å². The molecule has 1 heterocycles. The molecule has 1 amide bonds. The lowest BCUT2D eigenvalue weighted by Crippen LogP contribution is -2.42. The average molecular weight is 358 g/mol. The zero-order valence-corrected chi connectivity index (χ0v) is 15.8. The van der Waals surface area contributed by atoms with Crippen LogP contribution in [0.3, 0.4) is 0 Å². The maximum Gasteiger partial charge on any atom is 0.407 e. The van der Waals surface area contributed by atoms with Crippen LogP contribution in [0.2, 0.25) is 0 Å². The Morgan fingerprint density at radius 2 is 2.00 bits per heavy atom. The van der Waals surface area contributed by atoms with E-state index in [0.29, 0.717) is 0 Å². The number of rotatable bonds is 3. The van der Waals surface area contributed by atoms with Gasteiger partial charge in [0.15, 0.2) is 0 Å². The van der Waals surface area contributed by atoms with Crippen molar-refractivity contribution < 1.29 is 19.1 Å². The predicted octanol–water partition coefficient (Wildman–Crippen LogP) is 3.20. The molecule has 1 aromatic heterocycles. The molecule has 0 fully saturated rings. The summed E-state index contributed by atoms with van der Waals surface area (Å²) < 4.78 is 12.3. The topological polar surface area (TPSA) is 69.6 Å². The first-order chi connectivity index (χ1) is 12.3. The molecular formula is C20H26N2O4. The Kier molecular flexibility index (Phi) is 4.94. The lowest BCUT2D eigenvalue weighted by Gasteiger charge is -2.27. The molecule has 6 nitrogen and oxygen atoms in total. The molecule has 0 spiro atoms. The number of amides is 1. The number of hydrogen-bond donors (Lipinski definition) is 1. The van der Waals surface area contributed by atoms with Crippen molar-refractivity contribution in [3.05, 3.63) is 35.5 Å². The molecule has 26 heavy (non-hydrogen) atoms. The van der Waals surface area contributed by atoms with E-state index in [1.807, 2.05) is 43.5 Å². The van der Waals surface area contributed by atoms with Crippen LogP contribution in [0, 0.1) is 0 Å². The number of esters is 1. The lowest BCUT2D eigenvalue weighted by atomic mass is 9.91. The molecule has 1 aliphatic rings. The molecule has 1 aliphatic carbocycles. The summed E-state index contributed by atoms with van der Waals surface area (Å²) in [6.07, 6.45) is 1.94. The van der Waals surface area contributed by atoms with Gasteiger partial charge in [0.05, 0.1) is 7.11 Å². The van der Waals surface area contributed by atoms with E-state index in [9.17, 15) is 9.59 Å². The number of nitrogens with one attached hydrogen (secondary N) is 1. The average Bonchev–Trinajstić information content (AvgIpc) is 2.87. The van der Waals surface area contributed by atoms with E-state index in [1.165, 1.54) is 12.7 Å². The van der Waals surface area contributed by atoms with Gasteiger partial charge in [-0.15, -0.1) is 0 Å². The van der Waals surface area contributed by atoms with E-state index >= 15 is 0 Å². The predicted molar refractivity (Wildman–Crippen MR) is 99.1 cm³/mol. The maximum atomic E-state index is 12.1. The largest absolute Gasteiger partial charge is 0.468 e. The third kappa shape index (κ3) is 3.84. The van der Waals surface area contributed by atoms with Crippen LogP contribution >= 0.6 is 0 Å². The first-order valence-electron chi connectivity index (χ1n) is 8.94. The molecule has 1 atom stereocenters. The zero-order valence-electron chi connectivity index (χ0n) is 15.8. The molecule has 0 saturated carbocycles. The van der Waals surface area contributed by atoms with Gasteiger partial charge in [-0.1, -0.05) is 18.2 Å². The summed E-state index contributed by atoms with van der Waals surface area (Å²) in [5.74, 6) is -0.262. The summed E-state index contributed by atoms with van der Waals surface area (Å²) in [7, 11) is 1.40. The Morgan fingerprint density at radius 3 is 2.69 bits per heavy atom. The fourth-order valence-corrected chi connectivity index (χ4v) is 3.57. The highest BCUT2D eigenvalue weighted by Crippen LogP contribution is 2.32. The first-order valence-corrected chi connectivity index (χ1v) is 8.94. The van der Waals surface area contributed by atoms with Crippen molar-refractivity contribution in [2.75, 3.05) is 7.11 Å². The lowest BCUT2D eigenvalue weighted by molar-refractivity contribution is -0.141. The summed E-state index contributed by atoms with van der Waals surface area (Å²) in [5, 5.41) is 4.11. The van der Waals surface area contributed by atoms with Crippen LogP contribution in [0.1, 0.15) is 38.4 Å². The molecular weight excluding hydrogens is 332 g/mol. The van der Waals surface area contributed by atoms with Gasteiger partial charge in [-0.25, -0.2) is 4.79 Å². The van der Waals surface area contributed by atoms with Gasteiger partial charge < -0.3 is 19.4 Å². The third-order valence-corrected chi connectivity index (χ3v) is 4.61. The first kappa shape index (κ1) is 18.3. The Bertz CT molecular complexity index is 832. The summed E-state index contributed by atoms with van der Waals surface area (Å²) in [5.41, 5.74) is 2.86. The minimum Gasteiger partial charge on any atom is -0.468 e. The number of fused-ring (bicyclic) bond motifs is 3. The van der Waals surface area contributed by atoms with Crippen molar-refractivity contribution >= 4 is 23.0 Å². The van der Waals surface area contributed by atoms with Gasteiger partial charge in [-0.2, -0.15) is 0 Å². The third-order valence-electron chi connectivity index (χ3n) is 4.61. The molecule has 0 bridgehead atoms. The number of methoxy groups -OCH3 is 1. The number of benzene rings is 1. The maximum absolute atomic E-state index is 12.1. The second kappa shape index (κ2) is 7.02. The zero-order chi connectivity index (χ0) is 18.9. The SMILES string of the molecule is COC(=O)Cn1c2c(c3ccccc31)C[C@@H](NC(=O)OC(C)(C)C)CC2. The van der Waals surface area contributed by atoms with Gasteiger partial charge in [0, 0.05) is 22.6 Å². The van der Waals surface area contributed by atoms with Gasteiger partial charge in [-0.05, 0) is 51.7 Å². The number of ether oxygens (including phenoxy) is 2. The molecule has 140 valence electrons. The highest BCUT2D eigenvalue weighted by molar-refractivity contribution is 5.87. The smallest absolute Gasteiger partial charge is 0.407 e. The van der Waals surface area contributed by atoms with E-state index in [1.54, 1.807) is 0 Å². The molecule has 1 aromatic carbocycles. The fraction of sp³-hybridized carbons (Fsp3) is 0.500. The Labute approximate surface area is 153 Å². The Balaban J connectivity index is 1.86. The van der Waals surface area contributed by atoms with Crippen LogP contribution in [-0.4, -0.2) is 35.4 Å². The number of alkyl carbamates (subject to hydrolysis) is 1. The van der Waals surface area contributed by atoms with Crippen molar-refractivity contribution in [3.8, 4) is 0 Å². The number of carbonyl (C=O) groups excluding carboxylic acids is 2. The van der Waals surface area contributed by atoms with E-state index in [-0.39, 0.29) is 24.6 Å². The highest BCUT2D eigenvalue weighted by Gasteiger charge is 2.28. The van der Waals surface area contributed by atoms with Crippen LogP contribution in [0.4, 0.5) is 4.79 Å². The van der Waals surface area contributed by atoms with Gasteiger partial charge in [0.1, 0.15) is 12.1 Å². The molecule has 2 aromatic rings. The van der Waals surface area contributed by atoms with E-state index in [0.717, 1.165) is 35.9 Å². The van der Waals surface area contributed by atoms with Crippen molar-refractivity contribution in [2.24, 2.45) is 0 Å². The van der Waals surface area contributed by atoms with Crippen LogP contribution < -0.4 is 5.32 Å². The molecule has 3 rings (SSSR count). The Hall–Kier alpha value is -2.50. The molecule has 1 N–H and O–H groups in total. The fourth-order valence-electron chi connectivity index (χ4n) is 3.57. The summed E-state index contributed by atoms with van der Waals surface area (Å²) >= 11 is 0. The second-order valence-electron chi connectivity index (χ2n) is 7.69. The van der Waals surface area contributed by atoms with Crippen molar-refractivity contribution in [3.63, 3.8) is 0 Å². The quantitative estimate of drug-likeness (QED) is 0.856. The number of para-hydroxylation sites is 1. The monoisotopic (exact) mass is 358 g/mol. The highest BCUT2D eigenvalue weighted by atomic mass is 16.6. The normalized spacial score (nSPS) is 16.8.